The average molecular weight is 318 g/mol. The number of rotatable bonds is 12. The molecule has 2 rings (SSSR count). The molecule has 6 heteroatoms. The Morgan fingerprint density at radius 2 is 1.78 bits per heavy atom. The maximum Gasteiger partial charge on any atom is 0.113 e. The molecule has 125 valence electrons. The highest BCUT2D eigenvalue weighted by molar-refractivity contribution is 5.56. The highest BCUT2D eigenvalue weighted by atomic mass is 16.5. The zero-order chi connectivity index (χ0) is 16.2. The van der Waals surface area contributed by atoms with E-state index in [1.165, 1.54) is 0 Å². The fourth-order valence-electron chi connectivity index (χ4n) is 1.94. The van der Waals surface area contributed by atoms with Crippen LogP contribution in [-0.2, 0) is 20.8 Å². The summed E-state index contributed by atoms with van der Waals surface area (Å²) in [6.45, 7) is 6.55. The molecule has 0 atom stereocenters. The van der Waals surface area contributed by atoms with Gasteiger partial charge in [-0.2, -0.15) is 0 Å². The van der Waals surface area contributed by atoms with E-state index in [1.807, 2.05) is 30.5 Å². The van der Waals surface area contributed by atoms with E-state index in [4.69, 9.17) is 14.2 Å². The van der Waals surface area contributed by atoms with E-state index >= 15 is 0 Å². The Kier molecular flexibility index (Phi) is 8.32. The van der Waals surface area contributed by atoms with Crippen molar-refractivity contribution in [3.8, 4) is 11.3 Å². The van der Waals surface area contributed by atoms with Crippen molar-refractivity contribution >= 4 is 0 Å². The van der Waals surface area contributed by atoms with Crippen molar-refractivity contribution in [2.45, 2.75) is 19.9 Å². The minimum atomic E-state index is 0.572. The van der Waals surface area contributed by atoms with Crippen LogP contribution >= 0.6 is 0 Å². The van der Waals surface area contributed by atoms with Gasteiger partial charge in [0.05, 0.1) is 45.8 Å². The predicted octanol–water partition coefficient (Wildman–Crippen LogP) is 2.21. The number of benzene rings is 1. The molecule has 6 nitrogen and oxygen atoms in total. The van der Waals surface area contributed by atoms with Gasteiger partial charge in [0.1, 0.15) is 5.69 Å². The molecule has 0 amide bonds. The van der Waals surface area contributed by atoms with Crippen LogP contribution in [0.1, 0.15) is 13.3 Å². The van der Waals surface area contributed by atoms with E-state index in [-0.39, 0.29) is 0 Å². The topological polar surface area (TPSA) is 58.4 Å². The highest BCUT2D eigenvalue weighted by Gasteiger charge is 2.02. The first-order valence-electron chi connectivity index (χ1n) is 8.00. The van der Waals surface area contributed by atoms with E-state index in [0.717, 1.165) is 24.3 Å². The molecule has 0 aliphatic carbocycles. The summed E-state index contributed by atoms with van der Waals surface area (Å²) in [4.78, 5) is 0. The average Bonchev–Trinajstić information content (AvgIpc) is 3.06. The summed E-state index contributed by atoms with van der Waals surface area (Å²) >= 11 is 0. The molecule has 23 heavy (non-hydrogen) atoms. The maximum atomic E-state index is 5.52. The second kappa shape index (κ2) is 10.9. The van der Waals surface area contributed by atoms with Crippen LogP contribution in [0.3, 0.4) is 0 Å². The van der Waals surface area contributed by atoms with Gasteiger partial charge in [0.2, 0.25) is 0 Å². The van der Waals surface area contributed by atoms with Crippen LogP contribution in [-0.4, -0.2) is 54.6 Å². The Morgan fingerprint density at radius 3 is 2.48 bits per heavy atom. The van der Waals surface area contributed by atoms with E-state index in [2.05, 4.69) is 23.3 Å². The number of ether oxygens (including phenoxy) is 3. The fourth-order valence-corrected chi connectivity index (χ4v) is 1.94. The summed E-state index contributed by atoms with van der Waals surface area (Å²) in [7, 11) is 0. The molecular weight excluding hydrogens is 294 g/mol. The third-order valence-electron chi connectivity index (χ3n) is 3.10. The van der Waals surface area contributed by atoms with Gasteiger partial charge in [-0.3, -0.25) is 0 Å². The Hall–Kier alpha value is -1.76. The third kappa shape index (κ3) is 6.90. The predicted molar refractivity (Wildman–Crippen MR) is 87.0 cm³/mol. The summed E-state index contributed by atoms with van der Waals surface area (Å²) in [6, 6.07) is 10.7. The first kappa shape index (κ1) is 17.6. The lowest BCUT2D eigenvalue weighted by atomic mass is 10.2. The van der Waals surface area contributed by atoms with Gasteiger partial charge in [0.25, 0.3) is 0 Å². The first-order valence-corrected chi connectivity index (χ1v) is 8.00. The van der Waals surface area contributed by atoms with E-state index in [0.29, 0.717) is 39.6 Å². The Labute approximate surface area is 137 Å². The summed E-state index contributed by atoms with van der Waals surface area (Å²) in [5, 5.41) is 8.24. The Balaban J connectivity index is 1.53. The molecule has 0 aliphatic rings. The molecule has 0 bridgehead atoms. The van der Waals surface area contributed by atoms with Gasteiger partial charge in [-0.05, 0) is 18.6 Å². The second-order valence-corrected chi connectivity index (χ2v) is 5.00. The lowest BCUT2D eigenvalue weighted by Crippen LogP contribution is -2.12. The van der Waals surface area contributed by atoms with Gasteiger partial charge in [0.15, 0.2) is 0 Å². The standard InChI is InChI=1S/C17H24N3O3/c1-2-9-21-11-13-23-14-12-22-10-8-20-15-17(18-19-20)16-6-4-3-5-7-16/h3-4,6-7,15H,2,8-14H2,1H3. The number of aromatic nitrogens is 3. The third-order valence-corrected chi connectivity index (χ3v) is 3.10. The molecule has 0 saturated heterocycles. The summed E-state index contributed by atoms with van der Waals surface area (Å²) in [6.07, 6.45) is 2.95. The monoisotopic (exact) mass is 318 g/mol. The maximum absolute atomic E-state index is 5.52. The normalized spacial score (nSPS) is 11.0. The molecule has 0 saturated carbocycles. The SMILES string of the molecule is CCCOCCOCCOCCn1cc(-c2c[c]ccc2)nn1. The van der Waals surface area contributed by atoms with E-state index < -0.39 is 0 Å². The van der Waals surface area contributed by atoms with Crippen molar-refractivity contribution in [2.75, 3.05) is 39.6 Å². The van der Waals surface area contributed by atoms with E-state index in [9.17, 15) is 0 Å². The molecule has 0 aliphatic heterocycles. The van der Waals surface area contributed by atoms with E-state index in [1.54, 1.807) is 4.68 Å². The Bertz CT molecular complexity index is 531. The Morgan fingerprint density at radius 1 is 1.04 bits per heavy atom. The highest BCUT2D eigenvalue weighted by Crippen LogP contribution is 2.14. The van der Waals surface area contributed by atoms with Crippen LogP contribution < -0.4 is 0 Å². The van der Waals surface area contributed by atoms with Crippen LogP contribution in [0, 0.1) is 6.07 Å². The molecule has 0 spiro atoms. The molecule has 0 unspecified atom stereocenters. The van der Waals surface area contributed by atoms with Crippen LogP contribution in [0.4, 0.5) is 0 Å². The van der Waals surface area contributed by atoms with Crippen molar-refractivity contribution < 1.29 is 14.2 Å². The van der Waals surface area contributed by atoms with Gasteiger partial charge in [-0.15, -0.1) is 5.10 Å². The molecule has 2 aromatic rings. The smallest absolute Gasteiger partial charge is 0.113 e. The van der Waals surface area contributed by atoms with Crippen LogP contribution in [0.2, 0.25) is 0 Å². The van der Waals surface area contributed by atoms with Crippen molar-refractivity contribution in [3.63, 3.8) is 0 Å². The first-order chi connectivity index (χ1) is 11.4. The van der Waals surface area contributed by atoms with Crippen molar-refractivity contribution in [3.05, 3.63) is 36.5 Å². The van der Waals surface area contributed by atoms with Gasteiger partial charge in [-0.25, -0.2) is 4.68 Å². The summed E-state index contributed by atoms with van der Waals surface area (Å²) in [5.41, 5.74) is 1.86. The quantitative estimate of drug-likeness (QED) is 0.562. The molecule has 1 radical (unpaired) electrons. The zero-order valence-electron chi connectivity index (χ0n) is 13.6. The molecule has 0 fully saturated rings. The van der Waals surface area contributed by atoms with Crippen LogP contribution in [0.25, 0.3) is 11.3 Å². The second-order valence-electron chi connectivity index (χ2n) is 5.00. The fraction of sp³-hybridized carbons (Fsp3) is 0.529. The van der Waals surface area contributed by atoms with Gasteiger partial charge < -0.3 is 14.2 Å². The molecular formula is C17H24N3O3. The lowest BCUT2D eigenvalue weighted by molar-refractivity contribution is 0.0128. The number of hydrogen-bond acceptors (Lipinski definition) is 5. The minimum absolute atomic E-state index is 0.572. The molecule has 0 N–H and O–H groups in total. The van der Waals surface area contributed by atoms with Crippen molar-refractivity contribution in [1.82, 2.24) is 15.0 Å². The number of hydrogen-bond donors (Lipinski definition) is 0. The molecule has 1 heterocycles. The van der Waals surface area contributed by atoms with Crippen molar-refractivity contribution in [1.29, 1.82) is 0 Å². The molecule has 1 aromatic carbocycles. The van der Waals surface area contributed by atoms with Gasteiger partial charge >= 0.3 is 0 Å². The summed E-state index contributed by atoms with van der Waals surface area (Å²) in [5.74, 6) is 0. The zero-order valence-corrected chi connectivity index (χ0v) is 13.6. The lowest BCUT2D eigenvalue weighted by Gasteiger charge is -2.06. The largest absolute Gasteiger partial charge is 0.379 e. The van der Waals surface area contributed by atoms with Crippen molar-refractivity contribution in [2.24, 2.45) is 0 Å². The molecule has 1 aromatic heterocycles. The number of nitrogens with zero attached hydrogens (tertiary/aromatic N) is 3. The van der Waals surface area contributed by atoms with Gasteiger partial charge in [0, 0.05) is 12.2 Å². The van der Waals surface area contributed by atoms with Crippen LogP contribution in [0.5, 0.6) is 0 Å². The van der Waals surface area contributed by atoms with Gasteiger partial charge in [-0.1, -0.05) is 30.3 Å². The summed E-state index contributed by atoms with van der Waals surface area (Å²) < 4.78 is 18.0. The minimum Gasteiger partial charge on any atom is -0.379 e. The van der Waals surface area contributed by atoms with Crippen LogP contribution in [0.15, 0.2) is 30.5 Å².